The maximum atomic E-state index is 14.1. The summed E-state index contributed by atoms with van der Waals surface area (Å²) >= 11 is 0. The van der Waals surface area contributed by atoms with Gasteiger partial charge in [0.1, 0.15) is 5.69 Å². The van der Waals surface area contributed by atoms with E-state index in [1.54, 1.807) is 12.3 Å². The molecule has 0 N–H and O–H groups in total. The van der Waals surface area contributed by atoms with Crippen LogP contribution in [0.3, 0.4) is 0 Å². The molecule has 34 heavy (non-hydrogen) atoms. The van der Waals surface area contributed by atoms with Gasteiger partial charge in [0.15, 0.2) is 17.5 Å². The van der Waals surface area contributed by atoms with Crippen LogP contribution in [-0.2, 0) is 12.7 Å². The zero-order chi connectivity index (χ0) is 23.9. The third-order valence-electron chi connectivity index (χ3n) is 5.48. The standard InChI is InChI=1S/C26H16F5N3/c27-21-3-1-2-20(24(21)28)25-32-22-12-13-34(15-23(22)33-25)14-16-4-6-17(7-5-16)18-8-10-19(11-9-18)26(29,30)31/h1-13,15H,14H2. The van der Waals surface area contributed by atoms with E-state index in [9.17, 15) is 22.0 Å². The van der Waals surface area contributed by atoms with Crippen LogP contribution in [0.4, 0.5) is 22.0 Å². The van der Waals surface area contributed by atoms with Gasteiger partial charge in [0.05, 0.1) is 16.8 Å². The molecule has 2 aliphatic rings. The molecule has 8 heteroatoms. The molecule has 3 aromatic rings. The van der Waals surface area contributed by atoms with Crippen molar-refractivity contribution in [3.63, 3.8) is 0 Å². The summed E-state index contributed by atoms with van der Waals surface area (Å²) in [6.45, 7) is 0.514. The Kier molecular flexibility index (Phi) is 5.36. The second-order valence-electron chi connectivity index (χ2n) is 7.81. The number of halogens is 5. The molecule has 0 saturated heterocycles. The molecule has 0 aromatic heterocycles. The lowest BCUT2D eigenvalue weighted by atomic mass is 10.0. The Bertz CT molecular complexity index is 1420. The summed E-state index contributed by atoms with van der Waals surface area (Å²) in [5, 5.41) is 0. The number of benzene rings is 3. The van der Waals surface area contributed by atoms with E-state index in [2.05, 4.69) is 9.97 Å². The predicted octanol–water partition coefficient (Wildman–Crippen LogP) is 7.06. The highest BCUT2D eigenvalue weighted by Gasteiger charge is 2.30. The van der Waals surface area contributed by atoms with Crippen molar-refractivity contribution in [1.29, 1.82) is 0 Å². The summed E-state index contributed by atoms with van der Waals surface area (Å²) < 4.78 is 67.8. The highest BCUT2D eigenvalue weighted by Crippen LogP contribution is 2.31. The van der Waals surface area contributed by atoms with Crippen LogP contribution in [0.1, 0.15) is 11.1 Å². The number of hydrogen-bond acceptors (Lipinski definition) is 2. The lowest BCUT2D eigenvalue weighted by molar-refractivity contribution is -0.137. The summed E-state index contributed by atoms with van der Waals surface area (Å²) in [5.41, 5.74) is 2.89. The molecule has 2 aliphatic heterocycles. The van der Waals surface area contributed by atoms with Crippen molar-refractivity contribution in [3.8, 4) is 33.9 Å². The van der Waals surface area contributed by atoms with Gasteiger partial charge in [0.2, 0.25) is 0 Å². The Balaban J connectivity index is 1.35. The maximum Gasteiger partial charge on any atom is 0.416 e. The Labute approximate surface area is 191 Å². The van der Waals surface area contributed by atoms with E-state index in [0.717, 1.165) is 29.3 Å². The van der Waals surface area contributed by atoms with Crippen molar-refractivity contribution < 1.29 is 22.0 Å². The van der Waals surface area contributed by atoms with Crippen LogP contribution in [0.2, 0.25) is 0 Å². The number of pyridine rings is 1. The van der Waals surface area contributed by atoms with Gasteiger partial charge in [-0.2, -0.15) is 13.2 Å². The first-order chi connectivity index (χ1) is 16.3. The van der Waals surface area contributed by atoms with Crippen LogP contribution in [0.5, 0.6) is 0 Å². The van der Waals surface area contributed by atoms with Gasteiger partial charge in [-0.05, 0) is 47.0 Å². The zero-order valence-electron chi connectivity index (χ0n) is 17.5. The van der Waals surface area contributed by atoms with Crippen molar-refractivity contribution in [2.45, 2.75) is 12.7 Å². The van der Waals surface area contributed by atoms with Gasteiger partial charge in [-0.15, -0.1) is 0 Å². The van der Waals surface area contributed by atoms with Crippen LogP contribution in [0.25, 0.3) is 33.9 Å². The van der Waals surface area contributed by atoms with Crippen molar-refractivity contribution >= 4 is 0 Å². The quantitative estimate of drug-likeness (QED) is 0.266. The number of nitrogens with zero attached hydrogens (tertiary/aromatic N) is 3. The van der Waals surface area contributed by atoms with Gasteiger partial charge in [-0.3, -0.25) is 0 Å². The second kappa shape index (κ2) is 8.37. The molecular formula is C26H16F5N3. The normalized spacial score (nSPS) is 11.8. The average Bonchev–Trinajstić information content (AvgIpc) is 3.24. The summed E-state index contributed by atoms with van der Waals surface area (Å²) in [6.07, 6.45) is -0.779. The Morgan fingerprint density at radius 1 is 0.735 bits per heavy atom. The van der Waals surface area contributed by atoms with Crippen molar-refractivity contribution in [1.82, 2.24) is 14.5 Å². The van der Waals surface area contributed by atoms with Crippen molar-refractivity contribution in [2.75, 3.05) is 0 Å². The third kappa shape index (κ3) is 4.26. The number of hydrogen-bond donors (Lipinski definition) is 0. The summed E-state index contributed by atoms with van der Waals surface area (Å²) in [4.78, 5) is 8.64. The first-order valence-corrected chi connectivity index (χ1v) is 10.3. The topological polar surface area (TPSA) is 30.7 Å². The van der Waals surface area contributed by atoms with Crippen LogP contribution in [0, 0.1) is 11.6 Å². The van der Waals surface area contributed by atoms with Gasteiger partial charge in [0, 0.05) is 18.9 Å². The van der Waals surface area contributed by atoms with Gasteiger partial charge in [0.25, 0.3) is 0 Å². The molecule has 0 atom stereocenters. The molecule has 5 rings (SSSR count). The van der Waals surface area contributed by atoms with Gasteiger partial charge >= 0.3 is 6.18 Å². The van der Waals surface area contributed by atoms with Gasteiger partial charge < -0.3 is 4.57 Å². The lowest BCUT2D eigenvalue weighted by Crippen LogP contribution is -2.04. The lowest BCUT2D eigenvalue weighted by Gasteiger charge is -2.10. The fraction of sp³-hybridized carbons (Fsp3) is 0.0769. The Morgan fingerprint density at radius 3 is 2.06 bits per heavy atom. The highest BCUT2D eigenvalue weighted by molar-refractivity contribution is 5.66. The van der Waals surface area contributed by atoms with E-state index in [4.69, 9.17) is 0 Å². The molecule has 3 nitrogen and oxygen atoms in total. The molecule has 0 fully saturated rings. The van der Waals surface area contributed by atoms with Gasteiger partial charge in [-0.25, -0.2) is 18.7 Å². The SMILES string of the molecule is Fc1cccc(-c2nc3ccn(Cc4ccc(-c5ccc(C(F)(F)F)cc5)cc4)cc-3n2)c1F. The van der Waals surface area contributed by atoms with E-state index in [0.29, 0.717) is 23.5 Å². The Hall–Kier alpha value is -4.07. The molecule has 0 aliphatic carbocycles. The van der Waals surface area contributed by atoms with Crippen LogP contribution in [0.15, 0.2) is 85.2 Å². The van der Waals surface area contributed by atoms with E-state index in [-0.39, 0.29) is 11.4 Å². The summed E-state index contributed by atoms with van der Waals surface area (Å²) in [5.74, 6) is -1.83. The molecule has 2 heterocycles. The van der Waals surface area contributed by atoms with Crippen LogP contribution < -0.4 is 0 Å². The smallest absolute Gasteiger partial charge is 0.348 e. The van der Waals surface area contributed by atoms with Crippen LogP contribution in [-0.4, -0.2) is 14.5 Å². The first-order valence-electron chi connectivity index (χ1n) is 10.3. The monoisotopic (exact) mass is 465 g/mol. The third-order valence-corrected chi connectivity index (χ3v) is 5.48. The molecule has 0 unspecified atom stereocenters. The average molecular weight is 465 g/mol. The largest absolute Gasteiger partial charge is 0.416 e. The van der Waals surface area contributed by atoms with Crippen molar-refractivity contribution in [2.24, 2.45) is 0 Å². The molecule has 0 spiro atoms. The van der Waals surface area contributed by atoms with Gasteiger partial charge in [-0.1, -0.05) is 42.5 Å². The fourth-order valence-corrected chi connectivity index (χ4v) is 3.71. The van der Waals surface area contributed by atoms with Crippen molar-refractivity contribution in [3.05, 3.63) is 108 Å². The molecule has 3 aromatic carbocycles. The molecule has 0 saturated carbocycles. The first kappa shape index (κ1) is 21.8. The molecule has 0 bridgehead atoms. The second-order valence-corrected chi connectivity index (χ2v) is 7.81. The Morgan fingerprint density at radius 2 is 1.38 bits per heavy atom. The number of rotatable bonds is 4. The maximum absolute atomic E-state index is 14.1. The van der Waals surface area contributed by atoms with E-state index >= 15 is 0 Å². The number of fused-ring (bicyclic) bond motifs is 1. The minimum absolute atomic E-state index is 0.00149. The fourth-order valence-electron chi connectivity index (χ4n) is 3.71. The minimum atomic E-state index is -4.36. The number of imidazole rings is 1. The molecule has 170 valence electrons. The molecule has 0 amide bonds. The molecule has 0 radical (unpaired) electrons. The highest BCUT2D eigenvalue weighted by atomic mass is 19.4. The van der Waals surface area contributed by atoms with E-state index < -0.39 is 23.4 Å². The number of alkyl halides is 3. The zero-order valence-corrected chi connectivity index (χ0v) is 17.5. The van der Waals surface area contributed by atoms with E-state index in [1.165, 1.54) is 24.3 Å². The molecular weight excluding hydrogens is 449 g/mol. The predicted molar refractivity (Wildman–Crippen MR) is 118 cm³/mol. The minimum Gasteiger partial charge on any atom is -0.348 e. The number of aromatic nitrogens is 3. The summed E-state index contributed by atoms with van der Waals surface area (Å²) in [7, 11) is 0. The van der Waals surface area contributed by atoms with Crippen LogP contribution >= 0.6 is 0 Å². The summed E-state index contributed by atoms with van der Waals surface area (Å²) in [6, 6.07) is 18.2. The van der Waals surface area contributed by atoms with E-state index in [1.807, 2.05) is 35.0 Å².